The molecule has 1 atom stereocenters. The Morgan fingerprint density at radius 3 is 2.54 bits per heavy atom. The van der Waals surface area contributed by atoms with E-state index in [2.05, 4.69) is 29.6 Å². The van der Waals surface area contributed by atoms with Crippen LogP contribution in [0.3, 0.4) is 0 Å². The van der Waals surface area contributed by atoms with E-state index >= 15 is 0 Å². The first-order valence-corrected chi connectivity index (χ1v) is 10.2. The van der Waals surface area contributed by atoms with Crippen LogP contribution in [-0.4, -0.2) is 5.91 Å². The maximum atomic E-state index is 13.1. The summed E-state index contributed by atoms with van der Waals surface area (Å²) in [6, 6.07) is 25.7. The Balaban J connectivity index is 1.59. The molecule has 0 spiro atoms. The van der Waals surface area contributed by atoms with Gasteiger partial charge in [0.25, 0.3) is 5.91 Å². The lowest BCUT2D eigenvalue weighted by Gasteiger charge is -2.26. The monoisotopic (exact) mass is 384 g/mol. The molecule has 1 aliphatic rings. The van der Waals surface area contributed by atoms with Gasteiger partial charge in [-0.05, 0) is 54.7 Å². The van der Waals surface area contributed by atoms with E-state index < -0.39 is 0 Å². The molecule has 3 aromatic carbocycles. The molecule has 0 saturated heterocycles. The summed E-state index contributed by atoms with van der Waals surface area (Å²) < 4.78 is 0. The Kier molecular flexibility index (Phi) is 5.45. The summed E-state index contributed by atoms with van der Waals surface area (Å²) in [6.07, 6.45) is 3.10. The Morgan fingerprint density at radius 1 is 0.964 bits per heavy atom. The van der Waals surface area contributed by atoms with Crippen LogP contribution in [0.5, 0.6) is 0 Å². The molecule has 3 nitrogen and oxygen atoms in total. The quantitative estimate of drug-likeness (QED) is 0.645. The predicted octanol–water partition coefficient (Wildman–Crippen LogP) is 5.52. The van der Waals surface area contributed by atoms with E-state index in [1.807, 2.05) is 48.5 Å². The number of fused-ring (bicyclic) bond motifs is 1. The van der Waals surface area contributed by atoms with Gasteiger partial charge in [0.2, 0.25) is 0 Å². The van der Waals surface area contributed by atoms with Crippen LogP contribution in [0.2, 0.25) is 0 Å². The Labute approximate surface area is 169 Å². The standard InChI is InChI=1S/C24H20N2OS/c25-16-18-9-2-5-14-22(18)28-23-15-6-4-12-20(23)24(27)26-21-13-7-10-17-8-1-3-11-19(17)21/h1-6,8-9,11-12,14-15,21H,7,10,13H2,(H,26,27)/t21-/m0/s1. The lowest BCUT2D eigenvalue weighted by molar-refractivity contribution is 0.0930. The molecule has 1 aliphatic carbocycles. The average Bonchev–Trinajstić information content (AvgIpc) is 2.75. The maximum absolute atomic E-state index is 13.1. The molecule has 0 bridgehead atoms. The summed E-state index contributed by atoms with van der Waals surface area (Å²) in [7, 11) is 0. The number of hydrogen-bond acceptors (Lipinski definition) is 3. The lowest BCUT2D eigenvalue weighted by Crippen LogP contribution is -2.31. The molecule has 28 heavy (non-hydrogen) atoms. The smallest absolute Gasteiger partial charge is 0.252 e. The fourth-order valence-corrected chi connectivity index (χ4v) is 4.67. The number of rotatable bonds is 4. The molecule has 0 fully saturated rings. The van der Waals surface area contributed by atoms with Crippen molar-refractivity contribution in [1.29, 1.82) is 5.26 Å². The van der Waals surface area contributed by atoms with Crippen molar-refractivity contribution in [1.82, 2.24) is 5.32 Å². The molecule has 0 radical (unpaired) electrons. The van der Waals surface area contributed by atoms with Gasteiger partial charge in [0.1, 0.15) is 6.07 Å². The van der Waals surface area contributed by atoms with Crippen molar-refractivity contribution in [2.24, 2.45) is 0 Å². The third-order valence-electron chi connectivity index (χ3n) is 5.03. The second-order valence-electron chi connectivity index (χ2n) is 6.82. The molecule has 3 aromatic rings. The van der Waals surface area contributed by atoms with E-state index in [-0.39, 0.29) is 11.9 Å². The normalized spacial score (nSPS) is 15.3. The summed E-state index contributed by atoms with van der Waals surface area (Å²) in [6.45, 7) is 0. The Bertz CT molecular complexity index is 1050. The van der Waals surface area contributed by atoms with Crippen molar-refractivity contribution in [3.63, 3.8) is 0 Å². The number of carbonyl (C=O) groups is 1. The summed E-state index contributed by atoms with van der Waals surface area (Å²) in [5.41, 5.74) is 3.80. The van der Waals surface area contributed by atoms with E-state index in [1.165, 1.54) is 22.9 Å². The van der Waals surface area contributed by atoms with Crippen molar-refractivity contribution in [3.05, 3.63) is 95.1 Å². The van der Waals surface area contributed by atoms with Crippen molar-refractivity contribution >= 4 is 17.7 Å². The number of nitrogens with one attached hydrogen (secondary N) is 1. The molecular weight excluding hydrogens is 364 g/mol. The van der Waals surface area contributed by atoms with Crippen LogP contribution in [0.1, 0.15) is 45.9 Å². The number of carbonyl (C=O) groups excluding carboxylic acids is 1. The van der Waals surface area contributed by atoms with Gasteiger partial charge in [-0.2, -0.15) is 5.26 Å². The molecule has 0 saturated carbocycles. The number of benzene rings is 3. The number of hydrogen-bond donors (Lipinski definition) is 1. The van der Waals surface area contributed by atoms with E-state index in [0.29, 0.717) is 11.1 Å². The highest BCUT2D eigenvalue weighted by atomic mass is 32.2. The highest BCUT2D eigenvalue weighted by Gasteiger charge is 2.23. The van der Waals surface area contributed by atoms with Gasteiger partial charge in [-0.25, -0.2) is 0 Å². The predicted molar refractivity (Wildman–Crippen MR) is 111 cm³/mol. The Hall–Kier alpha value is -3.03. The summed E-state index contributed by atoms with van der Waals surface area (Å²) in [4.78, 5) is 14.8. The minimum Gasteiger partial charge on any atom is -0.345 e. The van der Waals surface area contributed by atoms with Crippen LogP contribution in [0.4, 0.5) is 0 Å². The second-order valence-corrected chi connectivity index (χ2v) is 7.91. The molecule has 1 amide bonds. The van der Waals surface area contributed by atoms with Gasteiger partial charge in [-0.1, -0.05) is 60.3 Å². The van der Waals surface area contributed by atoms with Gasteiger partial charge < -0.3 is 5.32 Å². The van der Waals surface area contributed by atoms with Crippen molar-refractivity contribution in [2.75, 3.05) is 0 Å². The van der Waals surface area contributed by atoms with Gasteiger partial charge in [-0.15, -0.1) is 0 Å². The maximum Gasteiger partial charge on any atom is 0.252 e. The fraction of sp³-hybridized carbons (Fsp3) is 0.167. The molecule has 0 heterocycles. The zero-order valence-electron chi connectivity index (χ0n) is 15.4. The van der Waals surface area contributed by atoms with Crippen molar-refractivity contribution < 1.29 is 4.79 Å². The summed E-state index contributed by atoms with van der Waals surface area (Å²) >= 11 is 1.46. The molecule has 4 heteroatoms. The topological polar surface area (TPSA) is 52.9 Å². The van der Waals surface area contributed by atoms with E-state index in [4.69, 9.17) is 0 Å². The highest BCUT2D eigenvalue weighted by molar-refractivity contribution is 7.99. The van der Waals surface area contributed by atoms with Crippen LogP contribution < -0.4 is 5.32 Å². The number of aryl methyl sites for hydroxylation is 1. The SMILES string of the molecule is N#Cc1ccccc1Sc1ccccc1C(=O)N[C@H]1CCCc2ccccc21. The molecular formula is C24H20N2OS. The zero-order valence-corrected chi connectivity index (χ0v) is 16.2. The highest BCUT2D eigenvalue weighted by Crippen LogP contribution is 2.34. The van der Waals surface area contributed by atoms with Gasteiger partial charge in [0.05, 0.1) is 17.2 Å². The third kappa shape index (κ3) is 3.81. The average molecular weight is 385 g/mol. The van der Waals surface area contributed by atoms with Crippen LogP contribution in [0.25, 0.3) is 0 Å². The van der Waals surface area contributed by atoms with Crippen LogP contribution in [-0.2, 0) is 6.42 Å². The third-order valence-corrected chi connectivity index (χ3v) is 6.19. The number of nitriles is 1. The van der Waals surface area contributed by atoms with Crippen molar-refractivity contribution in [2.45, 2.75) is 35.1 Å². The van der Waals surface area contributed by atoms with Crippen molar-refractivity contribution in [3.8, 4) is 6.07 Å². The van der Waals surface area contributed by atoms with Crippen LogP contribution in [0.15, 0.2) is 82.6 Å². The Morgan fingerprint density at radius 2 is 1.68 bits per heavy atom. The number of nitrogens with zero attached hydrogens (tertiary/aromatic N) is 1. The summed E-state index contributed by atoms with van der Waals surface area (Å²) in [5.74, 6) is -0.0701. The lowest BCUT2D eigenvalue weighted by atomic mass is 9.87. The van der Waals surface area contributed by atoms with Gasteiger partial charge in [-0.3, -0.25) is 4.79 Å². The van der Waals surface area contributed by atoms with Gasteiger partial charge in [0, 0.05) is 9.79 Å². The zero-order chi connectivity index (χ0) is 19.3. The first-order valence-electron chi connectivity index (χ1n) is 9.41. The molecule has 0 unspecified atom stereocenters. The fourth-order valence-electron chi connectivity index (χ4n) is 3.65. The largest absolute Gasteiger partial charge is 0.345 e. The first kappa shape index (κ1) is 18.3. The molecule has 138 valence electrons. The molecule has 0 aliphatic heterocycles. The van der Waals surface area contributed by atoms with Crippen LogP contribution in [0, 0.1) is 11.3 Å². The van der Waals surface area contributed by atoms with Gasteiger partial charge >= 0.3 is 0 Å². The number of amides is 1. The summed E-state index contributed by atoms with van der Waals surface area (Å²) in [5, 5.41) is 12.6. The molecule has 4 rings (SSSR count). The van der Waals surface area contributed by atoms with E-state index in [1.54, 1.807) is 6.07 Å². The second kappa shape index (κ2) is 8.33. The molecule has 1 N–H and O–H groups in total. The van der Waals surface area contributed by atoms with E-state index in [9.17, 15) is 10.1 Å². The molecule has 0 aromatic heterocycles. The van der Waals surface area contributed by atoms with Gasteiger partial charge in [0.15, 0.2) is 0 Å². The minimum atomic E-state index is -0.0701. The first-order chi connectivity index (χ1) is 13.8. The minimum absolute atomic E-state index is 0.0434. The van der Waals surface area contributed by atoms with E-state index in [0.717, 1.165) is 29.1 Å². The van der Waals surface area contributed by atoms with Crippen LogP contribution >= 0.6 is 11.8 Å².